The van der Waals surface area contributed by atoms with Crippen molar-refractivity contribution in [3.63, 3.8) is 0 Å². The monoisotopic (exact) mass is 128 g/mol. The smallest absolute Gasteiger partial charge is 0.310 e. The molecule has 0 amide bonds. The fourth-order valence-electron chi connectivity index (χ4n) is 0.282. The van der Waals surface area contributed by atoms with E-state index in [2.05, 4.69) is 11.3 Å². The number of hydrogen-bond acceptors (Lipinski definition) is 3. The highest BCUT2D eigenvalue weighted by molar-refractivity contribution is 5.66. The number of aliphatic hydroxyl groups is 1. The third kappa shape index (κ3) is 4.61. The Hall–Kier alpha value is -1.25. The summed E-state index contributed by atoms with van der Waals surface area (Å²) in [6, 6.07) is 0. The van der Waals surface area contributed by atoms with Crippen LogP contribution in [-0.2, 0) is 9.53 Å². The van der Waals surface area contributed by atoms with Gasteiger partial charge in [-0.2, -0.15) is 0 Å². The molecule has 0 saturated carbocycles. The van der Waals surface area contributed by atoms with Gasteiger partial charge in [-0.25, -0.2) is 0 Å². The fourth-order valence-corrected chi connectivity index (χ4v) is 0.282. The number of rotatable bonds is 2. The normalized spacial score (nSPS) is 10.6. The average Bonchev–Trinajstić information content (AvgIpc) is 1.63. The Labute approximate surface area is 53.3 Å². The molecule has 0 fully saturated rings. The molecule has 3 heteroatoms. The van der Waals surface area contributed by atoms with Gasteiger partial charge >= 0.3 is 5.97 Å². The average molecular weight is 128 g/mol. The van der Waals surface area contributed by atoms with E-state index in [1.807, 2.05) is 0 Å². The van der Waals surface area contributed by atoms with Gasteiger partial charge in [-0.05, 0) is 0 Å². The SMILES string of the molecule is C=CC=C(O)OC(C)=O. The number of aliphatic hydroxyl groups excluding tert-OH is 1. The Morgan fingerprint density at radius 3 is 2.67 bits per heavy atom. The second-order valence-electron chi connectivity index (χ2n) is 1.33. The number of hydrogen-bond donors (Lipinski definition) is 1. The molecule has 50 valence electrons. The zero-order valence-corrected chi connectivity index (χ0v) is 5.13. The molecule has 0 saturated heterocycles. The Morgan fingerprint density at radius 1 is 1.78 bits per heavy atom. The topological polar surface area (TPSA) is 46.5 Å². The van der Waals surface area contributed by atoms with Crippen LogP contribution in [0.5, 0.6) is 0 Å². The molecule has 0 aromatic rings. The molecule has 0 aliphatic carbocycles. The van der Waals surface area contributed by atoms with E-state index < -0.39 is 11.9 Å². The van der Waals surface area contributed by atoms with Crippen LogP contribution in [0.15, 0.2) is 24.7 Å². The first-order valence-electron chi connectivity index (χ1n) is 2.37. The molecule has 9 heavy (non-hydrogen) atoms. The zero-order chi connectivity index (χ0) is 7.28. The van der Waals surface area contributed by atoms with Gasteiger partial charge in [0.05, 0.1) is 0 Å². The van der Waals surface area contributed by atoms with Crippen LogP contribution in [0, 0.1) is 0 Å². The Bertz CT molecular complexity index is 146. The van der Waals surface area contributed by atoms with Crippen molar-refractivity contribution < 1.29 is 14.6 Å². The lowest BCUT2D eigenvalue weighted by Gasteiger charge is -1.94. The molecule has 0 unspecified atom stereocenters. The highest BCUT2D eigenvalue weighted by atomic mass is 16.6. The molecule has 0 radical (unpaired) electrons. The van der Waals surface area contributed by atoms with Crippen molar-refractivity contribution in [3.8, 4) is 0 Å². The molecular formula is C6H8O3. The van der Waals surface area contributed by atoms with Gasteiger partial charge in [0, 0.05) is 13.0 Å². The molecule has 0 rings (SSSR count). The Kier molecular flexibility index (Phi) is 3.20. The van der Waals surface area contributed by atoms with Crippen molar-refractivity contribution in [2.45, 2.75) is 6.92 Å². The van der Waals surface area contributed by atoms with Crippen molar-refractivity contribution in [3.05, 3.63) is 24.7 Å². The standard InChI is InChI=1S/C6H8O3/c1-3-4-6(8)9-5(2)7/h3-4,8H,1H2,2H3. The molecule has 0 aliphatic heterocycles. The maximum absolute atomic E-state index is 10.1. The fraction of sp³-hybridized carbons (Fsp3) is 0.167. The van der Waals surface area contributed by atoms with E-state index in [9.17, 15) is 4.79 Å². The Balaban J connectivity index is 3.75. The van der Waals surface area contributed by atoms with Gasteiger partial charge in [-0.3, -0.25) is 4.79 Å². The highest BCUT2D eigenvalue weighted by Crippen LogP contribution is 1.90. The van der Waals surface area contributed by atoms with Crippen LogP contribution >= 0.6 is 0 Å². The van der Waals surface area contributed by atoms with Crippen molar-refractivity contribution in [1.29, 1.82) is 0 Å². The molecule has 0 aliphatic rings. The van der Waals surface area contributed by atoms with E-state index in [4.69, 9.17) is 5.11 Å². The third-order valence-corrected chi connectivity index (χ3v) is 0.509. The van der Waals surface area contributed by atoms with Gasteiger partial charge in [0.15, 0.2) is 0 Å². The van der Waals surface area contributed by atoms with Crippen molar-refractivity contribution in [2.24, 2.45) is 0 Å². The molecular weight excluding hydrogens is 120 g/mol. The van der Waals surface area contributed by atoms with Crippen LogP contribution in [-0.4, -0.2) is 11.1 Å². The summed E-state index contributed by atoms with van der Waals surface area (Å²) in [5.41, 5.74) is 0. The Morgan fingerprint density at radius 2 is 2.33 bits per heavy atom. The largest absolute Gasteiger partial charge is 0.481 e. The minimum absolute atomic E-state index is 0.433. The number of carbonyl (C=O) groups is 1. The van der Waals surface area contributed by atoms with Gasteiger partial charge < -0.3 is 9.84 Å². The van der Waals surface area contributed by atoms with Crippen LogP contribution in [0.4, 0.5) is 0 Å². The van der Waals surface area contributed by atoms with E-state index in [0.717, 1.165) is 0 Å². The van der Waals surface area contributed by atoms with Crippen molar-refractivity contribution in [2.75, 3.05) is 0 Å². The van der Waals surface area contributed by atoms with Crippen molar-refractivity contribution in [1.82, 2.24) is 0 Å². The maximum atomic E-state index is 10.1. The first kappa shape index (κ1) is 7.75. The summed E-state index contributed by atoms with van der Waals surface area (Å²) in [7, 11) is 0. The van der Waals surface area contributed by atoms with Crippen LogP contribution in [0.25, 0.3) is 0 Å². The number of esters is 1. The summed E-state index contributed by atoms with van der Waals surface area (Å²) in [6.45, 7) is 4.48. The number of allylic oxidation sites excluding steroid dienone is 2. The van der Waals surface area contributed by atoms with Crippen molar-refractivity contribution >= 4 is 5.97 Å². The van der Waals surface area contributed by atoms with E-state index >= 15 is 0 Å². The lowest BCUT2D eigenvalue weighted by Crippen LogP contribution is -1.96. The maximum Gasteiger partial charge on any atom is 0.310 e. The molecule has 0 aromatic heterocycles. The van der Waals surface area contributed by atoms with Crippen LogP contribution in [0.2, 0.25) is 0 Å². The molecule has 3 nitrogen and oxygen atoms in total. The summed E-state index contributed by atoms with van der Waals surface area (Å²) >= 11 is 0. The van der Waals surface area contributed by atoms with Crippen LogP contribution in [0.1, 0.15) is 6.92 Å². The summed E-state index contributed by atoms with van der Waals surface area (Å²) in [5.74, 6) is -0.983. The molecule has 0 heterocycles. The van der Waals surface area contributed by atoms with E-state index in [1.54, 1.807) is 0 Å². The molecule has 0 atom stereocenters. The second-order valence-corrected chi connectivity index (χ2v) is 1.33. The van der Waals surface area contributed by atoms with Crippen LogP contribution < -0.4 is 0 Å². The lowest BCUT2D eigenvalue weighted by atomic mass is 10.6. The van der Waals surface area contributed by atoms with Gasteiger partial charge in [-0.15, -0.1) is 0 Å². The second kappa shape index (κ2) is 3.72. The first-order chi connectivity index (χ1) is 4.16. The van der Waals surface area contributed by atoms with Gasteiger partial charge in [0.1, 0.15) is 0 Å². The molecule has 1 N–H and O–H groups in total. The number of ether oxygens (including phenoxy) is 1. The van der Waals surface area contributed by atoms with E-state index in [0.29, 0.717) is 0 Å². The van der Waals surface area contributed by atoms with E-state index in [1.165, 1.54) is 19.1 Å². The predicted octanol–water partition coefficient (Wildman–Crippen LogP) is 1.13. The summed E-state index contributed by atoms with van der Waals surface area (Å²) < 4.78 is 4.20. The summed E-state index contributed by atoms with van der Waals surface area (Å²) in [6.07, 6.45) is 2.50. The number of carbonyl (C=O) groups excluding carboxylic acids is 1. The summed E-state index contributed by atoms with van der Waals surface area (Å²) in [5, 5.41) is 8.57. The van der Waals surface area contributed by atoms with Gasteiger partial charge in [0.25, 0.3) is 5.95 Å². The molecule has 0 bridgehead atoms. The minimum Gasteiger partial charge on any atom is -0.481 e. The highest BCUT2D eigenvalue weighted by Gasteiger charge is 1.93. The van der Waals surface area contributed by atoms with Gasteiger partial charge in [0.2, 0.25) is 0 Å². The first-order valence-corrected chi connectivity index (χ1v) is 2.37. The minimum atomic E-state index is -0.550. The molecule has 0 aromatic carbocycles. The zero-order valence-electron chi connectivity index (χ0n) is 5.13. The summed E-state index contributed by atoms with van der Waals surface area (Å²) in [4.78, 5) is 10.1. The van der Waals surface area contributed by atoms with Crippen LogP contribution in [0.3, 0.4) is 0 Å². The van der Waals surface area contributed by atoms with E-state index in [-0.39, 0.29) is 0 Å². The lowest BCUT2D eigenvalue weighted by molar-refractivity contribution is -0.140. The quantitative estimate of drug-likeness (QED) is 0.344. The molecule has 0 spiro atoms. The van der Waals surface area contributed by atoms with Gasteiger partial charge in [-0.1, -0.05) is 12.7 Å². The third-order valence-electron chi connectivity index (χ3n) is 0.509. The predicted molar refractivity (Wildman–Crippen MR) is 32.7 cm³/mol.